The molecule has 1 rings (SSSR count). The van der Waals surface area contributed by atoms with Gasteiger partial charge in [0.15, 0.2) is 0 Å². The van der Waals surface area contributed by atoms with Crippen LogP contribution in [0.25, 0.3) is 0 Å². The average Bonchev–Trinajstić information content (AvgIpc) is 2.25. The Balaban J connectivity index is 2.11. The first-order chi connectivity index (χ1) is 7.27. The first-order valence-corrected chi connectivity index (χ1v) is 6.56. The third-order valence-corrected chi connectivity index (χ3v) is 3.23. The van der Waals surface area contributed by atoms with Gasteiger partial charge in [0.1, 0.15) is 0 Å². The van der Waals surface area contributed by atoms with Gasteiger partial charge in [0.2, 0.25) is 0 Å². The van der Waals surface area contributed by atoms with Gasteiger partial charge in [0.25, 0.3) is 0 Å². The average molecular weight is 232 g/mol. The quantitative estimate of drug-likeness (QED) is 0.542. The summed E-state index contributed by atoms with van der Waals surface area (Å²) in [6.07, 6.45) is 0. The summed E-state index contributed by atoms with van der Waals surface area (Å²) in [5.41, 5.74) is 0. The lowest BCUT2D eigenvalue weighted by molar-refractivity contribution is 0.0576. The second-order valence-corrected chi connectivity index (χ2v) is 4.56. The number of hydrogen-bond acceptors (Lipinski definition) is 4. The largest absolute Gasteiger partial charge is 0.379 e. The fourth-order valence-corrected chi connectivity index (χ4v) is 2.23. The van der Waals surface area contributed by atoms with Crippen LogP contribution in [0.1, 0.15) is 13.8 Å². The lowest BCUT2D eigenvalue weighted by Gasteiger charge is -2.39. The minimum absolute atomic E-state index is 0.689. The SMILES string of the molecule is CCN1CCN(CCOCCS)CC1C. The van der Waals surface area contributed by atoms with Crippen LogP contribution in [0.15, 0.2) is 0 Å². The van der Waals surface area contributed by atoms with E-state index in [0.29, 0.717) is 6.04 Å². The van der Waals surface area contributed by atoms with Crippen molar-refractivity contribution in [2.75, 3.05) is 51.7 Å². The molecule has 1 fully saturated rings. The highest BCUT2D eigenvalue weighted by molar-refractivity contribution is 7.80. The molecule has 0 aromatic heterocycles. The van der Waals surface area contributed by atoms with E-state index in [1.54, 1.807) is 0 Å². The molecule has 1 unspecified atom stereocenters. The van der Waals surface area contributed by atoms with E-state index < -0.39 is 0 Å². The Hall–Kier alpha value is 0.230. The lowest BCUT2D eigenvalue weighted by atomic mass is 10.2. The van der Waals surface area contributed by atoms with Gasteiger partial charge in [-0.15, -0.1) is 0 Å². The first-order valence-electron chi connectivity index (χ1n) is 5.93. The summed E-state index contributed by atoms with van der Waals surface area (Å²) < 4.78 is 5.44. The second kappa shape index (κ2) is 7.49. The van der Waals surface area contributed by atoms with E-state index in [1.807, 2.05) is 0 Å². The third-order valence-electron chi connectivity index (χ3n) is 3.04. The topological polar surface area (TPSA) is 15.7 Å². The Morgan fingerprint density at radius 1 is 1.33 bits per heavy atom. The van der Waals surface area contributed by atoms with E-state index in [4.69, 9.17) is 4.74 Å². The predicted octanol–water partition coefficient (Wildman–Crippen LogP) is 0.959. The fourth-order valence-electron chi connectivity index (χ4n) is 2.10. The van der Waals surface area contributed by atoms with E-state index in [0.717, 1.165) is 25.5 Å². The van der Waals surface area contributed by atoms with Crippen LogP contribution < -0.4 is 0 Å². The second-order valence-electron chi connectivity index (χ2n) is 4.11. The van der Waals surface area contributed by atoms with Crippen molar-refractivity contribution in [2.24, 2.45) is 0 Å². The zero-order valence-corrected chi connectivity index (χ0v) is 10.9. The predicted molar refractivity (Wildman–Crippen MR) is 67.8 cm³/mol. The van der Waals surface area contributed by atoms with Gasteiger partial charge in [-0.25, -0.2) is 0 Å². The highest BCUT2D eigenvalue weighted by atomic mass is 32.1. The highest BCUT2D eigenvalue weighted by Crippen LogP contribution is 2.08. The van der Waals surface area contributed by atoms with E-state index >= 15 is 0 Å². The van der Waals surface area contributed by atoms with Gasteiger partial charge in [-0.3, -0.25) is 9.80 Å². The molecule has 1 aliphatic heterocycles. The number of thiol groups is 1. The van der Waals surface area contributed by atoms with E-state index in [2.05, 4.69) is 36.3 Å². The van der Waals surface area contributed by atoms with Crippen molar-refractivity contribution in [3.8, 4) is 0 Å². The summed E-state index contributed by atoms with van der Waals surface area (Å²) in [5.74, 6) is 0.819. The zero-order chi connectivity index (χ0) is 11.1. The molecule has 3 nitrogen and oxygen atoms in total. The highest BCUT2D eigenvalue weighted by Gasteiger charge is 2.21. The summed E-state index contributed by atoms with van der Waals surface area (Å²) in [4.78, 5) is 5.03. The Kier molecular flexibility index (Phi) is 6.64. The molecule has 0 aliphatic carbocycles. The molecule has 0 radical (unpaired) electrons. The zero-order valence-electron chi connectivity index (χ0n) is 9.98. The Morgan fingerprint density at radius 3 is 2.73 bits per heavy atom. The Bertz CT molecular complexity index is 169. The van der Waals surface area contributed by atoms with Gasteiger partial charge in [-0.05, 0) is 13.5 Å². The van der Waals surface area contributed by atoms with Crippen LogP contribution in [-0.4, -0.2) is 67.5 Å². The molecule has 0 bridgehead atoms. The molecule has 1 atom stereocenters. The minimum atomic E-state index is 0.689. The summed E-state index contributed by atoms with van der Waals surface area (Å²) >= 11 is 4.11. The van der Waals surface area contributed by atoms with Crippen molar-refractivity contribution in [3.05, 3.63) is 0 Å². The maximum atomic E-state index is 5.44. The Labute approximate surface area is 99.2 Å². The van der Waals surface area contributed by atoms with Crippen LogP contribution in [0.5, 0.6) is 0 Å². The van der Waals surface area contributed by atoms with Gasteiger partial charge in [-0.1, -0.05) is 6.92 Å². The molecule has 0 amide bonds. The number of nitrogens with zero attached hydrogens (tertiary/aromatic N) is 2. The van der Waals surface area contributed by atoms with Gasteiger partial charge in [-0.2, -0.15) is 12.6 Å². The van der Waals surface area contributed by atoms with Crippen LogP contribution >= 0.6 is 12.6 Å². The molecule has 1 heterocycles. The van der Waals surface area contributed by atoms with Gasteiger partial charge in [0.05, 0.1) is 13.2 Å². The lowest BCUT2D eigenvalue weighted by Crippen LogP contribution is -2.52. The van der Waals surface area contributed by atoms with Crippen LogP contribution in [0.3, 0.4) is 0 Å². The van der Waals surface area contributed by atoms with E-state index in [9.17, 15) is 0 Å². The maximum absolute atomic E-state index is 5.44. The minimum Gasteiger partial charge on any atom is -0.379 e. The molecule has 4 heteroatoms. The fraction of sp³-hybridized carbons (Fsp3) is 1.00. The first kappa shape index (κ1) is 13.3. The summed E-state index contributed by atoms with van der Waals surface area (Å²) in [6.45, 7) is 12.0. The standard InChI is InChI=1S/C11H24N2OS/c1-3-13-5-4-12(10-11(13)2)6-7-14-8-9-15/h11,15H,3-10H2,1-2H3. The number of likely N-dealkylation sites (N-methyl/N-ethyl adjacent to an activating group) is 1. The van der Waals surface area contributed by atoms with E-state index in [-0.39, 0.29) is 0 Å². The number of rotatable bonds is 6. The van der Waals surface area contributed by atoms with Crippen molar-refractivity contribution in [1.29, 1.82) is 0 Å². The molecule has 15 heavy (non-hydrogen) atoms. The monoisotopic (exact) mass is 232 g/mol. The molecule has 0 saturated carbocycles. The van der Waals surface area contributed by atoms with Crippen molar-refractivity contribution in [2.45, 2.75) is 19.9 Å². The molecule has 1 saturated heterocycles. The van der Waals surface area contributed by atoms with Crippen LogP contribution in [0.4, 0.5) is 0 Å². The number of hydrogen-bond donors (Lipinski definition) is 1. The molecule has 0 aromatic rings. The summed E-state index contributed by atoms with van der Waals surface area (Å²) in [5, 5.41) is 0. The number of piperazine rings is 1. The van der Waals surface area contributed by atoms with Gasteiger partial charge in [0, 0.05) is 38.0 Å². The molecule has 0 spiro atoms. The van der Waals surface area contributed by atoms with E-state index in [1.165, 1.54) is 26.2 Å². The van der Waals surface area contributed by atoms with Crippen LogP contribution in [-0.2, 0) is 4.74 Å². The van der Waals surface area contributed by atoms with Crippen molar-refractivity contribution in [1.82, 2.24) is 9.80 Å². The van der Waals surface area contributed by atoms with Crippen molar-refractivity contribution in [3.63, 3.8) is 0 Å². The molecule has 0 N–H and O–H groups in total. The summed E-state index contributed by atoms with van der Waals surface area (Å²) in [7, 11) is 0. The van der Waals surface area contributed by atoms with Gasteiger partial charge < -0.3 is 4.74 Å². The molecule has 1 aliphatic rings. The molecular formula is C11H24N2OS. The summed E-state index contributed by atoms with van der Waals surface area (Å²) in [6, 6.07) is 0.689. The number of ether oxygens (including phenoxy) is 1. The van der Waals surface area contributed by atoms with Crippen LogP contribution in [0.2, 0.25) is 0 Å². The normalized spacial score (nSPS) is 24.6. The molecular weight excluding hydrogens is 208 g/mol. The molecule has 90 valence electrons. The van der Waals surface area contributed by atoms with Crippen molar-refractivity contribution >= 4 is 12.6 Å². The van der Waals surface area contributed by atoms with Crippen molar-refractivity contribution < 1.29 is 4.74 Å². The Morgan fingerprint density at radius 2 is 2.13 bits per heavy atom. The third kappa shape index (κ3) is 4.72. The van der Waals surface area contributed by atoms with Crippen LogP contribution in [0, 0.1) is 0 Å². The molecule has 0 aromatic carbocycles. The van der Waals surface area contributed by atoms with Gasteiger partial charge >= 0.3 is 0 Å². The smallest absolute Gasteiger partial charge is 0.0593 e. The maximum Gasteiger partial charge on any atom is 0.0593 e.